The third-order valence-electron chi connectivity index (χ3n) is 3.62. The van der Waals surface area contributed by atoms with Crippen LogP contribution in [0.5, 0.6) is 0 Å². The molecule has 0 bridgehead atoms. The average molecular weight is 392 g/mol. The van der Waals surface area contributed by atoms with Gasteiger partial charge in [-0.1, -0.05) is 0 Å². The lowest BCUT2D eigenvalue weighted by Gasteiger charge is -2.04. The number of aromatic amines is 1. The largest absolute Gasteiger partial charge is 0.463 e. The summed E-state index contributed by atoms with van der Waals surface area (Å²) in [6, 6.07) is 2.10. The first-order chi connectivity index (χ1) is 12.0. The molecule has 0 atom stereocenters. The molecule has 25 heavy (non-hydrogen) atoms. The van der Waals surface area contributed by atoms with Crippen LogP contribution < -0.4 is 9.88 Å². The lowest BCUT2D eigenvalue weighted by atomic mass is 10.2. The number of carbonyl (C=O) groups excluding carboxylic acids is 1. The maximum atomic E-state index is 11.8. The monoisotopic (exact) mass is 391 g/mol. The van der Waals surface area contributed by atoms with Crippen LogP contribution in [0.1, 0.15) is 23.9 Å². The van der Waals surface area contributed by atoms with E-state index in [9.17, 15) is 4.79 Å². The lowest BCUT2D eigenvalue weighted by molar-refractivity contribution is -0.135. The maximum Gasteiger partial charge on any atom is 0.332 e. The van der Waals surface area contributed by atoms with Crippen LogP contribution in [0.15, 0.2) is 17.6 Å². The van der Waals surface area contributed by atoms with Crippen molar-refractivity contribution in [2.75, 3.05) is 6.61 Å². The number of nitrogens with one attached hydrogen (secondary N) is 1. The Morgan fingerprint density at radius 2 is 2.28 bits per heavy atom. The van der Waals surface area contributed by atoms with Crippen molar-refractivity contribution in [1.82, 2.24) is 14.5 Å². The molecule has 0 unspecified atom stereocenters. The second-order valence-electron chi connectivity index (χ2n) is 5.31. The molecule has 130 valence electrons. The molecule has 0 amide bonds. The van der Waals surface area contributed by atoms with E-state index in [4.69, 9.17) is 17.0 Å². The standard InChI is InChI=1S/C17H17N3O2S3/c1-4-22-15(21)9-13-14(25-17(23)19-13)8-12-7-10(2)20(11(12)3)16-18-5-6-24-16/h5-9H,4H2,1-3H3,(H,19,23)/b13-9-,14-8-. The summed E-state index contributed by atoms with van der Waals surface area (Å²) in [5.74, 6) is -0.380. The van der Waals surface area contributed by atoms with Crippen LogP contribution in [0.25, 0.3) is 17.3 Å². The Morgan fingerprint density at radius 1 is 1.48 bits per heavy atom. The summed E-state index contributed by atoms with van der Waals surface area (Å²) in [4.78, 5) is 19.2. The van der Waals surface area contributed by atoms with Gasteiger partial charge < -0.3 is 9.72 Å². The molecule has 1 N–H and O–H groups in total. The van der Waals surface area contributed by atoms with E-state index in [1.54, 1.807) is 24.5 Å². The van der Waals surface area contributed by atoms with E-state index in [2.05, 4.69) is 34.4 Å². The van der Waals surface area contributed by atoms with Gasteiger partial charge in [0.2, 0.25) is 0 Å². The Bertz CT molecular complexity index is 1070. The fraction of sp³-hybridized carbons (Fsp3) is 0.235. The van der Waals surface area contributed by atoms with Gasteiger partial charge in [-0.3, -0.25) is 4.57 Å². The minimum atomic E-state index is -0.380. The topological polar surface area (TPSA) is 59.9 Å². The molecule has 3 rings (SSSR count). The Kier molecular flexibility index (Phi) is 5.31. The van der Waals surface area contributed by atoms with Gasteiger partial charge in [0.15, 0.2) is 9.09 Å². The quantitative estimate of drug-likeness (QED) is 0.549. The van der Waals surface area contributed by atoms with Crippen LogP contribution in [0.3, 0.4) is 0 Å². The maximum absolute atomic E-state index is 11.8. The molecule has 8 heteroatoms. The molecule has 3 aromatic rings. The van der Waals surface area contributed by atoms with Gasteiger partial charge in [-0.2, -0.15) is 0 Å². The number of rotatable bonds is 4. The zero-order valence-corrected chi connectivity index (χ0v) is 16.5. The fourth-order valence-electron chi connectivity index (χ4n) is 2.56. The molecular formula is C17H17N3O2S3. The van der Waals surface area contributed by atoms with Crippen LogP contribution in [-0.4, -0.2) is 27.1 Å². The molecule has 0 aliphatic carbocycles. The number of thiazole rings is 2. The number of H-pyrrole nitrogens is 1. The molecule has 3 heterocycles. The minimum absolute atomic E-state index is 0.341. The van der Waals surface area contributed by atoms with Gasteiger partial charge in [0.05, 0.1) is 16.5 Å². The predicted molar refractivity (Wildman–Crippen MR) is 104 cm³/mol. The Balaban J connectivity index is 2.13. The number of carbonyl (C=O) groups is 1. The summed E-state index contributed by atoms with van der Waals surface area (Å²) in [5.41, 5.74) is 3.26. The summed E-state index contributed by atoms with van der Waals surface area (Å²) in [6.07, 6.45) is 5.28. The van der Waals surface area contributed by atoms with Crippen molar-refractivity contribution in [3.63, 3.8) is 0 Å². The highest BCUT2D eigenvalue weighted by Crippen LogP contribution is 2.22. The van der Waals surface area contributed by atoms with E-state index in [0.717, 1.165) is 26.6 Å². The molecule has 0 aliphatic heterocycles. The smallest absolute Gasteiger partial charge is 0.332 e. The second kappa shape index (κ2) is 7.47. The van der Waals surface area contributed by atoms with E-state index < -0.39 is 0 Å². The van der Waals surface area contributed by atoms with Gasteiger partial charge in [-0.15, -0.1) is 22.7 Å². The van der Waals surface area contributed by atoms with Crippen LogP contribution in [-0.2, 0) is 9.53 Å². The van der Waals surface area contributed by atoms with Crippen molar-refractivity contribution in [2.24, 2.45) is 0 Å². The number of aryl methyl sites for hydroxylation is 1. The van der Waals surface area contributed by atoms with Crippen molar-refractivity contribution in [3.05, 3.63) is 48.4 Å². The number of esters is 1. The van der Waals surface area contributed by atoms with Gasteiger partial charge in [-0.05, 0) is 50.7 Å². The van der Waals surface area contributed by atoms with Gasteiger partial charge >= 0.3 is 5.97 Å². The van der Waals surface area contributed by atoms with Crippen molar-refractivity contribution < 1.29 is 9.53 Å². The molecule has 0 saturated heterocycles. The van der Waals surface area contributed by atoms with E-state index in [1.165, 1.54) is 17.4 Å². The molecule has 3 aromatic heterocycles. The third kappa shape index (κ3) is 3.81. The van der Waals surface area contributed by atoms with E-state index in [-0.39, 0.29) is 5.97 Å². The fourth-order valence-corrected chi connectivity index (χ4v) is 4.46. The number of hydrogen-bond donors (Lipinski definition) is 1. The summed E-state index contributed by atoms with van der Waals surface area (Å²) in [6.45, 7) is 6.23. The number of hydrogen-bond acceptors (Lipinski definition) is 6. The first-order valence-corrected chi connectivity index (χ1v) is 9.78. The molecule has 0 aromatic carbocycles. The molecule has 0 fully saturated rings. The minimum Gasteiger partial charge on any atom is -0.463 e. The van der Waals surface area contributed by atoms with Crippen LogP contribution >= 0.6 is 34.9 Å². The summed E-state index contributed by atoms with van der Waals surface area (Å²) < 4.78 is 8.63. The van der Waals surface area contributed by atoms with Crippen molar-refractivity contribution in [1.29, 1.82) is 0 Å². The van der Waals surface area contributed by atoms with Gasteiger partial charge in [0, 0.05) is 29.0 Å². The molecule has 5 nitrogen and oxygen atoms in total. The number of ether oxygens (including phenoxy) is 1. The third-order valence-corrected chi connectivity index (χ3v) is 5.57. The normalized spacial score (nSPS) is 12.8. The SMILES string of the molecule is CCOC(=O)/C=c1\[nH]c(=S)s\c1=C/c1cc(C)n(-c2nccs2)c1C. The van der Waals surface area contributed by atoms with E-state index in [1.807, 2.05) is 11.5 Å². The molecular weight excluding hydrogens is 374 g/mol. The highest BCUT2D eigenvalue weighted by molar-refractivity contribution is 7.73. The van der Waals surface area contributed by atoms with E-state index >= 15 is 0 Å². The summed E-state index contributed by atoms with van der Waals surface area (Å²) >= 11 is 8.27. The predicted octanol–water partition coefficient (Wildman–Crippen LogP) is 2.84. The molecule has 0 spiro atoms. The van der Waals surface area contributed by atoms with Crippen LogP contribution in [0.2, 0.25) is 0 Å². The average Bonchev–Trinajstić information content (AvgIpc) is 3.23. The Morgan fingerprint density at radius 3 is 2.96 bits per heavy atom. The van der Waals surface area contributed by atoms with Crippen molar-refractivity contribution in [3.8, 4) is 5.13 Å². The molecule has 0 radical (unpaired) electrons. The van der Waals surface area contributed by atoms with Crippen LogP contribution in [0, 0.1) is 17.8 Å². The van der Waals surface area contributed by atoms with Gasteiger partial charge in [0.25, 0.3) is 0 Å². The van der Waals surface area contributed by atoms with E-state index in [0.29, 0.717) is 15.9 Å². The second-order valence-corrected chi connectivity index (χ2v) is 7.90. The van der Waals surface area contributed by atoms with Crippen LogP contribution in [0.4, 0.5) is 0 Å². The zero-order valence-electron chi connectivity index (χ0n) is 14.0. The molecule has 0 saturated carbocycles. The Labute approximate surface area is 157 Å². The number of nitrogens with zero attached hydrogens (tertiary/aromatic N) is 2. The Hall–Kier alpha value is -2.03. The number of aromatic nitrogens is 3. The zero-order chi connectivity index (χ0) is 18.0. The van der Waals surface area contributed by atoms with Gasteiger partial charge in [-0.25, -0.2) is 9.78 Å². The van der Waals surface area contributed by atoms with Crippen molar-refractivity contribution >= 4 is 53.0 Å². The summed E-state index contributed by atoms with van der Waals surface area (Å²) in [7, 11) is 0. The first kappa shape index (κ1) is 17.8. The highest BCUT2D eigenvalue weighted by Gasteiger charge is 2.11. The molecule has 0 aliphatic rings. The summed E-state index contributed by atoms with van der Waals surface area (Å²) in [5, 5.41) is 3.57. The lowest BCUT2D eigenvalue weighted by Crippen LogP contribution is -2.23. The highest BCUT2D eigenvalue weighted by atomic mass is 32.1. The van der Waals surface area contributed by atoms with Gasteiger partial charge in [0.1, 0.15) is 0 Å². The van der Waals surface area contributed by atoms with Crippen molar-refractivity contribution in [2.45, 2.75) is 20.8 Å². The first-order valence-electron chi connectivity index (χ1n) is 7.67.